The number of piperidine rings is 1. The molecule has 1 rings (SSSR count). The van der Waals surface area contributed by atoms with Crippen LogP contribution < -0.4 is 5.32 Å². The monoisotopic (exact) mass is 319 g/mol. The van der Waals surface area contributed by atoms with Crippen LogP contribution in [0.3, 0.4) is 0 Å². The van der Waals surface area contributed by atoms with Crippen molar-refractivity contribution in [1.29, 1.82) is 0 Å². The number of rotatable bonds is 8. The Morgan fingerprint density at radius 3 is 2.52 bits per heavy atom. The molecule has 1 aliphatic heterocycles. The second-order valence-electron chi connectivity index (χ2n) is 6.56. The summed E-state index contributed by atoms with van der Waals surface area (Å²) in [5.41, 5.74) is 0. The molecule has 1 heterocycles. The largest absolute Gasteiger partial charge is 0.317 e. The third-order valence-electron chi connectivity index (χ3n) is 4.49. The Bertz CT molecular complexity index is 400. The molecular formula is C15H33N3O2S. The number of nitrogens with one attached hydrogen (secondary N) is 1. The zero-order chi connectivity index (χ0) is 16.0. The van der Waals surface area contributed by atoms with Crippen LogP contribution in [0.2, 0.25) is 0 Å². The third kappa shape index (κ3) is 5.20. The number of hydrogen-bond donors (Lipinski definition) is 1. The van der Waals surface area contributed by atoms with E-state index in [1.54, 1.807) is 11.4 Å². The van der Waals surface area contributed by atoms with E-state index >= 15 is 0 Å². The topological polar surface area (TPSA) is 52.7 Å². The van der Waals surface area contributed by atoms with Crippen LogP contribution >= 0.6 is 0 Å². The summed E-state index contributed by atoms with van der Waals surface area (Å²) < 4.78 is 28.7. The van der Waals surface area contributed by atoms with Crippen LogP contribution in [0.4, 0.5) is 0 Å². The zero-order valence-corrected chi connectivity index (χ0v) is 15.1. The zero-order valence-electron chi connectivity index (χ0n) is 14.3. The molecule has 0 aliphatic carbocycles. The molecule has 6 heteroatoms. The third-order valence-corrected chi connectivity index (χ3v) is 6.53. The highest BCUT2D eigenvalue weighted by Gasteiger charge is 2.38. The van der Waals surface area contributed by atoms with E-state index in [-0.39, 0.29) is 6.04 Å². The van der Waals surface area contributed by atoms with E-state index in [2.05, 4.69) is 26.1 Å². The first-order chi connectivity index (χ1) is 9.80. The van der Waals surface area contributed by atoms with Crippen LogP contribution in [-0.2, 0) is 10.2 Å². The first-order valence-corrected chi connectivity index (χ1v) is 9.64. The predicted octanol–water partition coefficient (Wildman–Crippen LogP) is 1.92. The van der Waals surface area contributed by atoms with Crippen LogP contribution in [0.5, 0.6) is 0 Å². The lowest BCUT2D eigenvalue weighted by Crippen LogP contribution is -2.53. The lowest BCUT2D eigenvalue weighted by molar-refractivity contribution is 0.149. The number of hydrogen-bond acceptors (Lipinski definition) is 3. The van der Waals surface area contributed by atoms with Crippen molar-refractivity contribution in [2.24, 2.45) is 11.8 Å². The second-order valence-corrected chi connectivity index (χ2v) is 8.55. The Labute approximate surface area is 131 Å². The summed E-state index contributed by atoms with van der Waals surface area (Å²) in [6.45, 7) is 11.5. The molecule has 1 aliphatic rings. The minimum absolute atomic E-state index is 0.0897. The predicted molar refractivity (Wildman–Crippen MR) is 88.4 cm³/mol. The standard InChI is InChI=1S/C15H33N3O2S/c1-6-8-16-9-7-10-17(5)21(19,20)18-12-13(2)11-14(3)15(18)4/h13-16H,6-12H2,1-5H3. The Morgan fingerprint density at radius 1 is 1.24 bits per heavy atom. The van der Waals surface area contributed by atoms with Gasteiger partial charge >= 0.3 is 0 Å². The minimum Gasteiger partial charge on any atom is -0.317 e. The van der Waals surface area contributed by atoms with Crippen LogP contribution in [-0.4, -0.2) is 56.3 Å². The highest BCUT2D eigenvalue weighted by atomic mass is 32.2. The van der Waals surface area contributed by atoms with Gasteiger partial charge < -0.3 is 5.32 Å². The smallest absolute Gasteiger partial charge is 0.281 e. The van der Waals surface area contributed by atoms with Crippen molar-refractivity contribution in [3.8, 4) is 0 Å². The van der Waals surface area contributed by atoms with E-state index in [0.29, 0.717) is 24.9 Å². The van der Waals surface area contributed by atoms with Gasteiger partial charge in [-0.15, -0.1) is 0 Å². The average Bonchev–Trinajstić information content (AvgIpc) is 2.42. The Kier molecular flexibility index (Phi) is 7.60. The SMILES string of the molecule is CCCNCCCN(C)S(=O)(=O)N1CC(C)CC(C)C1C. The number of nitrogens with zero attached hydrogens (tertiary/aromatic N) is 2. The maximum Gasteiger partial charge on any atom is 0.281 e. The van der Waals surface area contributed by atoms with Crippen molar-refractivity contribution in [3.05, 3.63) is 0 Å². The van der Waals surface area contributed by atoms with Gasteiger partial charge in [0.25, 0.3) is 10.2 Å². The van der Waals surface area contributed by atoms with Gasteiger partial charge in [-0.2, -0.15) is 17.0 Å². The lowest BCUT2D eigenvalue weighted by atomic mass is 9.88. The lowest BCUT2D eigenvalue weighted by Gasteiger charge is -2.41. The first-order valence-electron chi connectivity index (χ1n) is 8.24. The minimum atomic E-state index is -3.33. The van der Waals surface area contributed by atoms with Crippen LogP contribution in [0, 0.1) is 11.8 Å². The highest BCUT2D eigenvalue weighted by Crippen LogP contribution is 2.29. The average molecular weight is 320 g/mol. The highest BCUT2D eigenvalue weighted by molar-refractivity contribution is 7.86. The molecule has 0 aromatic heterocycles. The van der Waals surface area contributed by atoms with Crippen molar-refractivity contribution >= 4 is 10.2 Å². The van der Waals surface area contributed by atoms with E-state index in [9.17, 15) is 8.42 Å². The summed E-state index contributed by atoms with van der Waals surface area (Å²) in [6.07, 6.45) is 3.07. The van der Waals surface area contributed by atoms with Gasteiger partial charge in [-0.1, -0.05) is 20.8 Å². The summed E-state index contributed by atoms with van der Waals surface area (Å²) >= 11 is 0. The van der Waals surface area contributed by atoms with Crippen molar-refractivity contribution < 1.29 is 8.42 Å². The van der Waals surface area contributed by atoms with Gasteiger partial charge in [0, 0.05) is 26.2 Å². The molecule has 0 bridgehead atoms. The molecule has 126 valence electrons. The second kappa shape index (κ2) is 8.46. The van der Waals surface area contributed by atoms with Gasteiger partial charge in [0.15, 0.2) is 0 Å². The van der Waals surface area contributed by atoms with Crippen molar-refractivity contribution in [3.63, 3.8) is 0 Å². The van der Waals surface area contributed by atoms with Gasteiger partial charge in [0.1, 0.15) is 0 Å². The Hall–Kier alpha value is -0.170. The molecule has 3 atom stereocenters. The van der Waals surface area contributed by atoms with E-state index in [1.165, 1.54) is 4.31 Å². The Balaban J connectivity index is 2.57. The van der Waals surface area contributed by atoms with Gasteiger partial charge in [0.05, 0.1) is 0 Å². The van der Waals surface area contributed by atoms with E-state index < -0.39 is 10.2 Å². The summed E-state index contributed by atoms with van der Waals surface area (Å²) in [5.74, 6) is 0.855. The molecule has 21 heavy (non-hydrogen) atoms. The summed E-state index contributed by atoms with van der Waals surface area (Å²) in [6, 6.07) is 0.0897. The van der Waals surface area contributed by atoms with E-state index in [0.717, 1.165) is 32.4 Å². The fourth-order valence-electron chi connectivity index (χ4n) is 2.99. The summed E-state index contributed by atoms with van der Waals surface area (Å²) in [4.78, 5) is 0. The van der Waals surface area contributed by atoms with Crippen molar-refractivity contribution in [1.82, 2.24) is 13.9 Å². The molecular weight excluding hydrogens is 286 g/mol. The molecule has 0 spiro atoms. The van der Waals surface area contributed by atoms with Crippen LogP contribution in [0.15, 0.2) is 0 Å². The van der Waals surface area contributed by atoms with Gasteiger partial charge in [0.2, 0.25) is 0 Å². The molecule has 3 unspecified atom stereocenters. The van der Waals surface area contributed by atoms with Crippen molar-refractivity contribution in [2.45, 2.75) is 53.0 Å². The maximum absolute atomic E-state index is 12.7. The molecule has 0 saturated carbocycles. The van der Waals surface area contributed by atoms with Gasteiger partial charge in [-0.3, -0.25) is 0 Å². The van der Waals surface area contributed by atoms with E-state index in [4.69, 9.17) is 0 Å². The molecule has 5 nitrogen and oxygen atoms in total. The summed E-state index contributed by atoms with van der Waals surface area (Å²) in [7, 11) is -1.63. The van der Waals surface area contributed by atoms with Crippen LogP contribution in [0.25, 0.3) is 0 Å². The van der Waals surface area contributed by atoms with Gasteiger partial charge in [-0.25, -0.2) is 0 Å². The molecule has 0 radical (unpaired) electrons. The normalized spacial score (nSPS) is 28.2. The maximum atomic E-state index is 12.7. The van der Waals surface area contributed by atoms with Crippen LogP contribution in [0.1, 0.15) is 47.0 Å². The molecule has 1 saturated heterocycles. The first kappa shape index (κ1) is 18.9. The van der Waals surface area contributed by atoms with Gasteiger partial charge in [-0.05, 0) is 51.1 Å². The molecule has 1 fully saturated rings. The summed E-state index contributed by atoms with van der Waals surface area (Å²) in [5, 5.41) is 3.31. The fraction of sp³-hybridized carbons (Fsp3) is 1.00. The molecule has 0 amide bonds. The van der Waals surface area contributed by atoms with E-state index in [1.807, 2.05) is 6.92 Å². The Morgan fingerprint density at radius 2 is 1.90 bits per heavy atom. The molecule has 0 aromatic rings. The molecule has 1 N–H and O–H groups in total. The fourth-order valence-corrected chi connectivity index (χ4v) is 4.78. The quantitative estimate of drug-likeness (QED) is 0.696. The van der Waals surface area contributed by atoms with Crippen molar-refractivity contribution in [2.75, 3.05) is 33.2 Å². The molecule has 0 aromatic carbocycles.